The molecule has 98 valence electrons. The van der Waals surface area contributed by atoms with Gasteiger partial charge in [-0.25, -0.2) is 4.39 Å². The van der Waals surface area contributed by atoms with Gasteiger partial charge in [-0.05, 0) is 50.0 Å². The van der Waals surface area contributed by atoms with Gasteiger partial charge in [0.2, 0.25) is 5.91 Å². The number of halogens is 2. The van der Waals surface area contributed by atoms with Gasteiger partial charge in [0, 0.05) is 12.1 Å². The van der Waals surface area contributed by atoms with Crippen LogP contribution in [0.25, 0.3) is 0 Å². The summed E-state index contributed by atoms with van der Waals surface area (Å²) in [6.07, 6.45) is 2.56. The van der Waals surface area contributed by atoms with Crippen molar-refractivity contribution in [1.29, 1.82) is 0 Å². The predicted octanol–water partition coefficient (Wildman–Crippen LogP) is 2.81. The molecule has 1 aromatic rings. The Bertz CT molecular complexity index is 433. The monoisotopic (exact) mass is 270 g/mol. The summed E-state index contributed by atoms with van der Waals surface area (Å²) in [4.78, 5) is 11.8. The second-order valence-electron chi connectivity index (χ2n) is 4.57. The van der Waals surface area contributed by atoms with E-state index in [1.54, 1.807) is 0 Å². The van der Waals surface area contributed by atoms with E-state index in [1.165, 1.54) is 18.2 Å². The zero-order valence-corrected chi connectivity index (χ0v) is 10.8. The molecule has 0 aromatic heterocycles. The average molecular weight is 271 g/mol. The highest BCUT2D eigenvalue weighted by Gasteiger charge is 2.16. The van der Waals surface area contributed by atoms with Crippen LogP contribution in [0.5, 0.6) is 0 Å². The SMILES string of the molecule is O=C(CC1CCNCC1)Nc1ccc(F)c(Cl)c1. The van der Waals surface area contributed by atoms with Crippen molar-refractivity contribution in [2.75, 3.05) is 18.4 Å². The number of hydrogen-bond acceptors (Lipinski definition) is 2. The highest BCUT2D eigenvalue weighted by molar-refractivity contribution is 6.31. The molecule has 3 nitrogen and oxygen atoms in total. The second-order valence-corrected chi connectivity index (χ2v) is 4.98. The molecular formula is C13H16ClFN2O. The van der Waals surface area contributed by atoms with Crippen LogP contribution in [0.4, 0.5) is 10.1 Å². The number of carbonyl (C=O) groups excluding carboxylic acids is 1. The van der Waals surface area contributed by atoms with Crippen LogP contribution in [0.15, 0.2) is 18.2 Å². The van der Waals surface area contributed by atoms with Crippen LogP contribution in [-0.4, -0.2) is 19.0 Å². The first-order valence-corrected chi connectivity index (χ1v) is 6.48. The molecule has 18 heavy (non-hydrogen) atoms. The van der Waals surface area contributed by atoms with Gasteiger partial charge in [-0.1, -0.05) is 11.6 Å². The molecule has 0 saturated carbocycles. The van der Waals surface area contributed by atoms with Gasteiger partial charge in [-0.3, -0.25) is 4.79 Å². The first-order chi connectivity index (χ1) is 8.65. The summed E-state index contributed by atoms with van der Waals surface area (Å²) in [5.41, 5.74) is 0.542. The number of carbonyl (C=O) groups is 1. The van der Waals surface area contributed by atoms with E-state index in [2.05, 4.69) is 10.6 Å². The number of hydrogen-bond donors (Lipinski definition) is 2. The molecule has 1 fully saturated rings. The zero-order valence-electron chi connectivity index (χ0n) is 10.0. The number of benzene rings is 1. The van der Waals surface area contributed by atoms with E-state index in [1.807, 2.05) is 0 Å². The molecule has 2 N–H and O–H groups in total. The normalized spacial score (nSPS) is 16.6. The van der Waals surface area contributed by atoms with E-state index in [-0.39, 0.29) is 10.9 Å². The summed E-state index contributed by atoms with van der Waals surface area (Å²) in [5.74, 6) is -0.0836. The van der Waals surface area contributed by atoms with E-state index in [0.717, 1.165) is 25.9 Å². The van der Waals surface area contributed by atoms with Crippen molar-refractivity contribution >= 4 is 23.2 Å². The molecule has 2 rings (SSSR count). The second kappa shape index (κ2) is 6.16. The van der Waals surface area contributed by atoms with E-state index < -0.39 is 5.82 Å². The number of piperidine rings is 1. The van der Waals surface area contributed by atoms with Crippen molar-refractivity contribution in [3.8, 4) is 0 Å². The highest BCUT2D eigenvalue weighted by atomic mass is 35.5. The van der Waals surface area contributed by atoms with Crippen LogP contribution in [0.3, 0.4) is 0 Å². The Morgan fingerprint density at radius 1 is 1.44 bits per heavy atom. The third-order valence-electron chi connectivity index (χ3n) is 3.14. The highest BCUT2D eigenvalue weighted by Crippen LogP contribution is 2.21. The van der Waals surface area contributed by atoms with Crippen LogP contribution in [0, 0.1) is 11.7 Å². The Kier molecular flexibility index (Phi) is 4.55. The third-order valence-corrected chi connectivity index (χ3v) is 3.43. The van der Waals surface area contributed by atoms with E-state index in [9.17, 15) is 9.18 Å². The lowest BCUT2D eigenvalue weighted by Gasteiger charge is -2.21. The van der Waals surface area contributed by atoms with Gasteiger partial charge >= 0.3 is 0 Å². The molecule has 5 heteroatoms. The molecule has 1 aliphatic rings. The van der Waals surface area contributed by atoms with Crippen molar-refractivity contribution < 1.29 is 9.18 Å². The maximum Gasteiger partial charge on any atom is 0.224 e. The summed E-state index contributed by atoms with van der Waals surface area (Å²) in [5, 5.41) is 6.03. The van der Waals surface area contributed by atoms with E-state index in [0.29, 0.717) is 18.0 Å². The molecule has 0 unspecified atom stereocenters. The fourth-order valence-corrected chi connectivity index (χ4v) is 2.31. The van der Waals surface area contributed by atoms with Gasteiger partial charge in [0.05, 0.1) is 5.02 Å². The minimum atomic E-state index is -0.479. The van der Waals surface area contributed by atoms with Gasteiger partial charge in [-0.15, -0.1) is 0 Å². The molecule has 1 heterocycles. The van der Waals surface area contributed by atoms with Crippen molar-refractivity contribution in [3.63, 3.8) is 0 Å². The Morgan fingerprint density at radius 2 is 2.17 bits per heavy atom. The lowest BCUT2D eigenvalue weighted by atomic mass is 9.94. The van der Waals surface area contributed by atoms with Crippen LogP contribution in [-0.2, 0) is 4.79 Å². The molecule has 0 aliphatic carbocycles. The zero-order chi connectivity index (χ0) is 13.0. The van der Waals surface area contributed by atoms with Crippen molar-refractivity contribution in [2.24, 2.45) is 5.92 Å². The minimum absolute atomic E-state index is 0.0228. The van der Waals surface area contributed by atoms with Crippen LogP contribution in [0.1, 0.15) is 19.3 Å². The average Bonchev–Trinajstić information content (AvgIpc) is 2.35. The van der Waals surface area contributed by atoms with Gasteiger partial charge in [0.25, 0.3) is 0 Å². The number of rotatable bonds is 3. The van der Waals surface area contributed by atoms with E-state index in [4.69, 9.17) is 11.6 Å². The smallest absolute Gasteiger partial charge is 0.224 e. The van der Waals surface area contributed by atoms with Gasteiger partial charge < -0.3 is 10.6 Å². The van der Waals surface area contributed by atoms with Crippen molar-refractivity contribution in [2.45, 2.75) is 19.3 Å². The summed E-state index contributed by atoms with van der Waals surface area (Å²) in [6.45, 7) is 1.95. The maximum atomic E-state index is 13.0. The van der Waals surface area contributed by atoms with Gasteiger partial charge in [0.1, 0.15) is 5.82 Å². The maximum absolute atomic E-state index is 13.0. The molecule has 1 saturated heterocycles. The molecule has 0 atom stereocenters. The van der Waals surface area contributed by atoms with Crippen molar-refractivity contribution in [3.05, 3.63) is 29.0 Å². The number of anilines is 1. The van der Waals surface area contributed by atoms with Crippen LogP contribution in [0.2, 0.25) is 5.02 Å². The fraction of sp³-hybridized carbons (Fsp3) is 0.462. The summed E-state index contributed by atoms with van der Waals surface area (Å²) in [7, 11) is 0. The molecule has 0 radical (unpaired) electrons. The largest absolute Gasteiger partial charge is 0.326 e. The Balaban J connectivity index is 1.88. The first kappa shape index (κ1) is 13.3. The van der Waals surface area contributed by atoms with E-state index >= 15 is 0 Å². The van der Waals surface area contributed by atoms with Crippen LogP contribution < -0.4 is 10.6 Å². The summed E-state index contributed by atoms with van der Waals surface area (Å²) in [6, 6.07) is 4.20. The first-order valence-electron chi connectivity index (χ1n) is 6.11. The number of nitrogens with one attached hydrogen (secondary N) is 2. The molecule has 0 bridgehead atoms. The summed E-state index contributed by atoms with van der Waals surface area (Å²) >= 11 is 5.65. The number of amides is 1. The van der Waals surface area contributed by atoms with Gasteiger partial charge in [0.15, 0.2) is 0 Å². The minimum Gasteiger partial charge on any atom is -0.326 e. The Morgan fingerprint density at radius 3 is 2.83 bits per heavy atom. The standard InChI is InChI=1S/C13H16ClFN2O/c14-11-8-10(1-2-12(11)15)17-13(18)7-9-3-5-16-6-4-9/h1-2,8-9,16H,3-7H2,(H,17,18). The predicted molar refractivity (Wildman–Crippen MR) is 70.3 cm³/mol. The lowest BCUT2D eigenvalue weighted by molar-refractivity contribution is -0.117. The Hall–Kier alpha value is -1.13. The third kappa shape index (κ3) is 3.68. The lowest BCUT2D eigenvalue weighted by Crippen LogP contribution is -2.30. The van der Waals surface area contributed by atoms with Gasteiger partial charge in [-0.2, -0.15) is 0 Å². The molecular weight excluding hydrogens is 255 g/mol. The topological polar surface area (TPSA) is 41.1 Å². The fourth-order valence-electron chi connectivity index (χ4n) is 2.13. The molecule has 1 amide bonds. The Labute approximate surface area is 111 Å². The van der Waals surface area contributed by atoms with Crippen molar-refractivity contribution in [1.82, 2.24) is 5.32 Å². The molecule has 1 aliphatic heterocycles. The molecule has 0 spiro atoms. The quantitative estimate of drug-likeness (QED) is 0.887. The molecule has 1 aromatic carbocycles. The summed E-state index contributed by atoms with van der Waals surface area (Å²) < 4.78 is 13.0. The van der Waals surface area contributed by atoms with Crippen LogP contribution >= 0.6 is 11.6 Å².